The summed E-state index contributed by atoms with van der Waals surface area (Å²) in [6, 6.07) is 6.19. The second-order valence-electron chi connectivity index (χ2n) is 4.59. The first-order valence-electron chi connectivity index (χ1n) is 6.88. The van der Waals surface area contributed by atoms with Gasteiger partial charge >= 0.3 is 0 Å². The smallest absolute Gasteiger partial charge is 0.271 e. The summed E-state index contributed by atoms with van der Waals surface area (Å²) in [5.74, 6) is 0.0286. The monoisotopic (exact) mass is 300 g/mol. The average Bonchev–Trinajstić information content (AvgIpc) is 2.55. The van der Waals surface area contributed by atoms with Gasteiger partial charge in [0.15, 0.2) is 0 Å². The third kappa shape index (κ3) is 4.66. The topological polar surface area (TPSA) is 66.9 Å². The van der Waals surface area contributed by atoms with Gasteiger partial charge in [-0.25, -0.2) is 14.4 Å². The van der Waals surface area contributed by atoms with Crippen LogP contribution in [0.25, 0.3) is 0 Å². The SMILES string of the molecule is C=CCNc1cnc(C(=O)NCCc2ccc(F)cc2)cn1. The summed E-state index contributed by atoms with van der Waals surface area (Å²) in [4.78, 5) is 20.0. The van der Waals surface area contributed by atoms with Crippen molar-refractivity contribution in [2.75, 3.05) is 18.4 Å². The molecule has 0 aliphatic heterocycles. The van der Waals surface area contributed by atoms with E-state index in [1.54, 1.807) is 18.2 Å². The number of rotatable bonds is 7. The van der Waals surface area contributed by atoms with Gasteiger partial charge in [0.1, 0.15) is 17.3 Å². The van der Waals surface area contributed by atoms with Gasteiger partial charge in [0, 0.05) is 13.1 Å². The molecule has 0 unspecified atom stereocenters. The Labute approximate surface area is 128 Å². The van der Waals surface area contributed by atoms with Crippen molar-refractivity contribution in [1.29, 1.82) is 0 Å². The minimum absolute atomic E-state index is 0.253. The maximum Gasteiger partial charge on any atom is 0.271 e. The molecule has 2 rings (SSSR count). The summed E-state index contributed by atoms with van der Waals surface area (Å²) in [7, 11) is 0. The van der Waals surface area contributed by atoms with Crippen molar-refractivity contribution in [2.45, 2.75) is 6.42 Å². The quantitative estimate of drug-likeness (QED) is 0.769. The Balaban J connectivity index is 1.81. The number of benzene rings is 1. The number of carbonyl (C=O) groups is 1. The van der Waals surface area contributed by atoms with Crippen molar-refractivity contribution in [3.63, 3.8) is 0 Å². The molecule has 1 aromatic carbocycles. The van der Waals surface area contributed by atoms with E-state index in [-0.39, 0.29) is 17.4 Å². The minimum atomic E-state index is -0.287. The normalized spacial score (nSPS) is 10.0. The molecule has 114 valence electrons. The number of hydrogen-bond acceptors (Lipinski definition) is 4. The van der Waals surface area contributed by atoms with Crippen LogP contribution < -0.4 is 10.6 Å². The van der Waals surface area contributed by atoms with Crippen LogP contribution >= 0.6 is 0 Å². The predicted octanol–water partition coefficient (Wildman–Crippen LogP) is 2.19. The van der Waals surface area contributed by atoms with Crippen LogP contribution in [0, 0.1) is 5.82 Å². The number of nitrogens with zero attached hydrogens (tertiary/aromatic N) is 2. The summed E-state index contributed by atoms with van der Waals surface area (Å²) < 4.78 is 12.8. The van der Waals surface area contributed by atoms with E-state index in [2.05, 4.69) is 27.2 Å². The zero-order chi connectivity index (χ0) is 15.8. The Hall–Kier alpha value is -2.76. The third-order valence-electron chi connectivity index (χ3n) is 2.92. The zero-order valence-corrected chi connectivity index (χ0v) is 12.1. The summed E-state index contributed by atoms with van der Waals surface area (Å²) in [5, 5.41) is 5.73. The van der Waals surface area contributed by atoms with Gasteiger partial charge < -0.3 is 10.6 Å². The second-order valence-corrected chi connectivity index (χ2v) is 4.59. The van der Waals surface area contributed by atoms with Gasteiger partial charge in [-0.1, -0.05) is 18.2 Å². The molecule has 0 bridgehead atoms. The molecule has 1 amide bonds. The number of hydrogen-bond donors (Lipinski definition) is 2. The predicted molar refractivity (Wildman–Crippen MR) is 83.2 cm³/mol. The fraction of sp³-hybridized carbons (Fsp3) is 0.188. The molecule has 2 N–H and O–H groups in total. The number of anilines is 1. The summed E-state index contributed by atoms with van der Waals surface area (Å²) in [6.07, 6.45) is 5.24. The van der Waals surface area contributed by atoms with Crippen LogP contribution in [-0.2, 0) is 6.42 Å². The van der Waals surface area contributed by atoms with Crippen LogP contribution in [0.15, 0.2) is 49.3 Å². The van der Waals surface area contributed by atoms with Crippen molar-refractivity contribution in [3.05, 3.63) is 66.4 Å². The lowest BCUT2D eigenvalue weighted by Crippen LogP contribution is -2.26. The molecule has 0 aliphatic rings. The molecule has 22 heavy (non-hydrogen) atoms. The molecule has 0 aliphatic carbocycles. The minimum Gasteiger partial charge on any atom is -0.365 e. The Morgan fingerprint density at radius 1 is 1.23 bits per heavy atom. The van der Waals surface area contributed by atoms with Crippen LogP contribution in [0.3, 0.4) is 0 Å². The third-order valence-corrected chi connectivity index (χ3v) is 2.92. The number of halogens is 1. The van der Waals surface area contributed by atoms with E-state index in [0.29, 0.717) is 25.3 Å². The maximum atomic E-state index is 12.8. The number of nitrogens with one attached hydrogen (secondary N) is 2. The number of aromatic nitrogens is 2. The molecule has 5 nitrogen and oxygen atoms in total. The highest BCUT2D eigenvalue weighted by Crippen LogP contribution is 2.03. The summed E-state index contributed by atoms with van der Waals surface area (Å²) in [6.45, 7) is 4.62. The molecule has 0 atom stereocenters. The molecular formula is C16H17FN4O. The van der Waals surface area contributed by atoms with E-state index >= 15 is 0 Å². The van der Waals surface area contributed by atoms with Crippen molar-refractivity contribution in [2.24, 2.45) is 0 Å². The first-order chi connectivity index (χ1) is 10.7. The lowest BCUT2D eigenvalue weighted by Gasteiger charge is -2.06. The van der Waals surface area contributed by atoms with Crippen LogP contribution in [0.1, 0.15) is 16.1 Å². The fourth-order valence-corrected chi connectivity index (χ4v) is 1.78. The van der Waals surface area contributed by atoms with Gasteiger partial charge in [-0.15, -0.1) is 6.58 Å². The lowest BCUT2D eigenvalue weighted by molar-refractivity contribution is 0.0949. The van der Waals surface area contributed by atoms with E-state index in [4.69, 9.17) is 0 Å². The van der Waals surface area contributed by atoms with Crippen LogP contribution in [0.4, 0.5) is 10.2 Å². The van der Waals surface area contributed by atoms with Crippen LogP contribution in [-0.4, -0.2) is 29.0 Å². The molecule has 0 fully saturated rings. The van der Waals surface area contributed by atoms with Gasteiger partial charge in [-0.3, -0.25) is 4.79 Å². The van der Waals surface area contributed by atoms with E-state index in [1.807, 2.05) is 0 Å². The lowest BCUT2D eigenvalue weighted by atomic mass is 10.1. The van der Waals surface area contributed by atoms with Gasteiger partial charge in [0.2, 0.25) is 0 Å². The van der Waals surface area contributed by atoms with Gasteiger partial charge in [-0.05, 0) is 24.1 Å². The van der Waals surface area contributed by atoms with Crippen LogP contribution in [0.2, 0.25) is 0 Å². The molecule has 1 aromatic heterocycles. The Morgan fingerprint density at radius 2 is 2.00 bits per heavy atom. The number of amides is 1. The highest BCUT2D eigenvalue weighted by atomic mass is 19.1. The van der Waals surface area contributed by atoms with E-state index in [1.165, 1.54) is 24.5 Å². The highest BCUT2D eigenvalue weighted by molar-refractivity contribution is 5.91. The molecule has 1 heterocycles. The number of carbonyl (C=O) groups excluding carboxylic acids is 1. The largest absolute Gasteiger partial charge is 0.365 e. The Morgan fingerprint density at radius 3 is 2.64 bits per heavy atom. The van der Waals surface area contributed by atoms with Crippen molar-refractivity contribution < 1.29 is 9.18 Å². The first-order valence-corrected chi connectivity index (χ1v) is 6.88. The van der Waals surface area contributed by atoms with Gasteiger partial charge in [0.05, 0.1) is 12.4 Å². The standard InChI is InChI=1S/C16H17FN4O/c1-2-8-18-15-11-20-14(10-21-15)16(22)19-9-7-12-3-5-13(17)6-4-12/h2-6,10-11H,1,7-9H2,(H,18,21)(H,19,22). The molecule has 0 spiro atoms. The Kier molecular flexibility index (Phi) is 5.59. The van der Waals surface area contributed by atoms with Crippen molar-refractivity contribution in [1.82, 2.24) is 15.3 Å². The molecule has 6 heteroatoms. The van der Waals surface area contributed by atoms with E-state index < -0.39 is 0 Å². The molecule has 2 aromatic rings. The molecule has 0 radical (unpaired) electrons. The van der Waals surface area contributed by atoms with Crippen molar-refractivity contribution >= 4 is 11.7 Å². The van der Waals surface area contributed by atoms with Gasteiger partial charge in [0.25, 0.3) is 5.91 Å². The van der Waals surface area contributed by atoms with Crippen LogP contribution in [0.5, 0.6) is 0 Å². The maximum absolute atomic E-state index is 12.8. The first kappa shape index (κ1) is 15.6. The molecular weight excluding hydrogens is 283 g/mol. The van der Waals surface area contributed by atoms with Crippen molar-refractivity contribution in [3.8, 4) is 0 Å². The van der Waals surface area contributed by atoms with E-state index in [9.17, 15) is 9.18 Å². The summed E-state index contributed by atoms with van der Waals surface area (Å²) in [5.41, 5.74) is 1.21. The fourth-order valence-electron chi connectivity index (χ4n) is 1.78. The average molecular weight is 300 g/mol. The summed E-state index contributed by atoms with van der Waals surface area (Å²) >= 11 is 0. The molecule has 0 saturated heterocycles. The second kappa shape index (κ2) is 7.87. The zero-order valence-electron chi connectivity index (χ0n) is 12.1. The van der Waals surface area contributed by atoms with E-state index in [0.717, 1.165) is 5.56 Å². The highest BCUT2D eigenvalue weighted by Gasteiger charge is 2.07. The molecule has 0 saturated carbocycles. The van der Waals surface area contributed by atoms with Gasteiger partial charge in [-0.2, -0.15) is 0 Å². The Bertz CT molecular complexity index is 626.